The zero-order valence-corrected chi connectivity index (χ0v) is 13.9. The Bertz CT molecular complexity index is 617. The topological polar surface area (TPSA) is 66.5 Å². The molecule has 0 radical (unpaired) electrons. The normalized spacial score (nSPS) is 17.8. The molecule has 128 valence electrons. The monoisotopic (exact) mass is 342 g/mol. The number of sulfonamides is 1. The first-order valence-corrected chi connectivity index (χ1v) is 9.57. The average Bonchev–Trinajstić information content (AvgIpc) is 2.52. The fraction of sp³-hybridized carbons (Fsp3) is 0.562. The lowest BCUT2D eigenvalue weighted by atomic mass is 10.1. The van der Waals surface area contributed by atoms with Crippen LogP contribution in [0, 0.1) is 5.82 Å². The number of carbonyl (C=O) groups is 1. The Kier molecular flexibility index (Phi) is 6.53. The highest BCUT2D eigenvalue weighted by atomic mass is 32.2. The van der Waals surface area contributed by atoms with Gasteiger partial charge in [0.25, 0.3) is 0 Å². The van der Waals surface area contributed by atoms with Crippen molar-refractivity contribution in [2.45, 2.75) is 32.1 Å². The Labute approximate surface area is 136 Å². The van der Waals surface area contributed by atoms with Gasteiger partial charge in [0.05, 0.1) is 5.75 Å². The molecule has 0 bridgehead atoms. The van der Waals surface area contributed by atoms with E-state index in [9.17, 15) is 17.6 Å². The molecule has 0 aliphatic carbocycles. The minimum Gasteiger partial charge on any atom is -0.356 e. The summed E-state index contributed by atoms with van der Waals surface area (Å²) in [6.07, 6.45) is 3.16. The number of carbonyl (C=O) groups excluding carboxylic acids is 1. The van der Waals surface area contributed by atoms with Crippen LogP contribution in [0.3, 0.4) is 0 Å². The molecular formula is C16H23FN2O3S. The van der Waals surface area contributed by atoms with Crippen LogP contribution in [0.5, 0.6) is 0 Å². The second kappa shape index (κ2) is 8.40. The summed E-state index contributed by atoms with van der Waals surface area (Å²) in [6, 6.07) is 6.10. The van der Waals surface area contributed by atoms with Gasteiger partial charge in [0.1, 0.15) is 5.82 Å². The predicted molar refractivity (Wildman–Crippen MR) is 86.9 cm³/mol. The third-order valence-electron chi connectivity index (χ3n) is 3.91. The van der Waals surface area contributed by atoms with Gasteiger partial charge in [-0.2, -0.15) is 0 Å². The van der Waals surface area contributed by atoms with E-state index in [0.29, 0.717) is 38.9 Å². The van der Waals surface area contributed by atoms with E-state index < -0.39 is 10.0 Å². The number of hydrogen-bond acceptors (Lipinski definition) is 3. The van der Waals surface area contributed by atoms with Gasteiger partial charge in [0, 0.05) is 26.1 Å². The van der Waals surface area contributed by atoms with Gasteiger partial charge < -0.3 is 5.32 Å². The van der Waals surface area contributed by atoms with Crippen LogP contribution >= 0.6 is 0 Å². The maximum absolute atomic E-state index is 12.8. The van der Waals surface area contributed by atoms with Crippen LogP contribution in [0.25, 0.3) is 0 Å². The predicted octanol–water partition coefficient (Wildman–Crippen LogP) is 1.69. The van der Waals surface area contributed by atoms with E-state index in [0.717, 1.165) is 18.4 Å². The summed E-state index contributed by atoms with van der Waals surface area (Å²) in [4.78, 5) is 11.7. The Hall–Kier alpha value is -1.47. The summed E-state index contributed by atoms with van der Waals surface area (Å²) >= 11 is 0. The summed E-state index contributed by atoms with van der Waals surface area (Å²) in [5, 5.41) is 2.80. The quantitative estimate of drug-likeness (QED) is 0.767. The lowest BCUT2D eigenvalue weighted by Gasteiger charge is -2.26. The molecule has 1 N–H and O–H groups in total. The highest BCUT2D eigenvalue weighted by molar-refractivity contribution is 7.89. The molecule has 2 rings (SSSR count). The van der Waals surface area contributed by atoms with Crippen molar-refractivity contribution in [3.8, 4) is 0 Å². The molecule has 7 heteroatoms. The van der Waals surface area contributed by atoms with Gasteiger partial charge in [-0.1, -0.05) is 12.1 Å². The number of aryl methyl sites for hydroxylation is 1. The standard InChI is InChI=1S/C16H23FN2O3S/c17-15-7-4-14(5-8-15)6-9-16(20)18-10-3-12-19-11-1-2-13-23(19,21)22/h4-5,7-8H,1-3,6,9-13H2,(H,18,20). The molecule has 1 aromatic carbocycles. The first kappa shape index (κ1) is 17.9. The van der Waals surface area contributed by atoms with Gasteiger partial charge in [-0.15, -0.1) is 0 Å². The van der Waals surface area contributed by atoms with E-state index in [-0.39, 0.29) is 17.5 Å². The smallest absolute Gasteiger partial charge is 0.220 e. The van der Waals surface area contributed by atoms with Crippen LogP contribution in [-0.4, -0.2) is 44.0 Å². The van der Waals surface area contributed by atoms with Crippen LogP contribution in [0.1, 0.15) is 31.2 Å². The molecule has 1 saturated heterocycles. The molecular weight excluding hydrogens is 319 g/mol. The summed E-state index contributed by atoms with van der Waals surface area (Å²) in [5.74, 6) is -0.126. The largest absolute Gasteiger partial charge is 0.356 e. The lowest BCUT2D eigenvalue weighted by molar-refractivity contribution is -0.121. The Morgan fingerprint density at radius 3 is 2.65 bits per heavy atom. The van der Waals surface area contributed by atoms with Crippen molar-refractivity contribution in [2.24, 2.45) is 0 Å². The number of benzene rings is 1. The van der Waals surface area contributed by atoms with Crippen molar-refractivity contribution in [3.63, 3.8) is 0 Å². The van der Waals surface area contributed by atoms with Gasteiger partial charge in [-0.3, -0.25) is 4.79 Å². The van der Waals surface area contributed by atoms with E-state index in [1.807, 2.05) is 0 Å². The van der Waals surface area contributed by atoms with Gasteiger partial charge in [0.15, 0.2) is 0 Å². The second-order valence-electron chi connectivity index (χ2n) is 5.75. The third kappa shape index (κ3) is 5.91. The first-order chi connectivity index (χ1) is 11.0. The van der Waals surface area contributed by atoms with Crippen molar-refractivity contribution in [1.29, 1.82) is 0 Å². The minimum atomic E-state index is -3.08. The average molecular weight is 342 g/mol. The van der Waals surface area contributed by atoms with Gasteiger partial charge in [-0.25, -0.2) is 17.1 Å². The van der Waals surface area contributed by atoms with Crippen molar-refractivity contribution >= 4 is 15.9 Å². The second-order valence-corrected chi connectivity index (χ2v) is 7.84. The van der Waals surface area contributed by atoms with Crippen LogP contribution in [0.4, 0.5) is 4.39 Å². The van der Waals surface area contributed by atoms with Crippen LogP contribution in [0.2, 0.25) is 0 Å². The van der Waals surface area contributed by atoms with Crippen LogP contribution in [0.15, 0.2) is 24.3 Å². The Morgan fingerprint density at radius 2 is 1.96 bits per heavy atom. The molecule has 23 heavy (non-hydrogen) atoms. The molecule has 0 saturated carbocycles. The van der Waals surface area contributed by atoms with Crippen molar-refractivity contribution in [1.82, 2.24) is 9.62 Å². The van der Waals surface area contributed by atoms with E-state index in [1.54, 1.807) is 12.1 Å². The van der Waals surface area contributed by atoms with Crippen LogP contribution in [-0.2, 0) is 21.2 Å². The maximum Gasteiger partial charge on any atom is 0.220 e. The zero-order chi connectivity index (χ0) is 16.7. The van der Waals surface area contributed by atoms with Gasteiger partial charge in [0.2, 0.25) is 15.9 Å². The molecule has 1 aromatic rings. The lowest BCUT2D eigenvalue weighted by Crippen LogP contribution is -2.39. The number of hydrogen-bond donors (Lipinski definition) is 1. The zero-order valence-electron chi connectivity index (χ0n) is 13.1. The number of nitrogens with one attached hydrogen (secondary N) is 1. The first-order valence-electron chi connectivity index (χ1n) is 7.96. The van der Waals surface area contributed by atoms with E-state index in [2.05, 4.69) is 5.32 Å². The maximum atomic E-state index is 12.8. The number of rotatable bonds is 7. The minimum absolute atomic E-state index is 0.0733. The SMILES string of the molecule is O=C(CCc1ccc(F)cc1)NCCCN1CCCCS1(=O)=O. The molecule has 0 atom stereocenters. The van der Waals surface area contributed by atoms with Crippen molar-refractivity contribution < 1.29 is 17.6 Å². The highest BCUT2D eigenvalue weighted by Gasteiger charge is 2.24. The van der Waals surface area contributed by atoms with E-state index in [1.165, 1.54) is 16.4 Å². The molecule has 0 aromatic heterocycles. The number of amides is 1. The number of nitrogens with zero attached hydrogens (tertiary/aromatic N) is 1. The molecule has 0 spiro atoms. The fourth-order valence-electron chi connectivity index (χ4n) is 2.57. The van der Waals surface area contributed by atoms with Crippen LogP contribution < -0.4 is 5.32 Å². The van der Waals surface area contributed by atoms with E-state index >= 15 is 0 Å². The van der Waals surface area contributed by atoms with E-state index in [4.69, 9.17) is 0 Å². The van der Waals surface area contributed by atoms with Gasteiger partial charge in [-0.05, 0) is 43.4 Å². The summed E-state index contributed by atoms with van der Waals surface area (Å²) < 4.78 is 37.9. The molecule has 1 heterocycles. The number of halogens is 1. The molecule has 1 aliphatic rings. The van der Waals surface area contributed by atoms with Gasteiger partial charge >= 0.3 is 0 Å². The Balaban J connectivity index is 1.62. The third-order valence-corrected chi connectivity index (χ3v) is 5.87. The fourth-order valence-corrected chi connectivity index (χ4v) is 4.21. The Morgan fingerprint density at radius 1 is 1.22 bits per heavy atom. The molecule has 0 unspecified atom stereocenters. The van der Waals surface area contributed by atoms with Crippen molar-refractivity contribution in [3.05, 3.63) is 35.6 Å². The summed E-state index contributed by atoms with van der Waals surface area (Å²) in [6.45, 7) is 1.51. The summed E-state index contributed by atoms with van der Waals surface area (Å²) in [7, 11) is -3.08. The highest BCUT2D eigenvalue weighted by Crippen LogP contribution is 2.13. The molecule has 1 fully saturated rings. The summed E-state index contributed by atoms with van der Waals surface area (Å²) in [5.41, 5.74) is 0.918. The molecule has 5 nitrogen and oxygen atoms in total. The molecule has 1 amide bonds. The molecule has 1 aliphatic heterocycles. The van der Waals surface area contributed by atoms with Crippen molar-refractivity contribution in [2.75, 3.05) is 25.4 Å².